The van der Waals surface area contributed by atoms with Gasteiger partial charge in [-0.25, -0.2) is 4.99 Å². The second kappa shape index (κ2) is 6.11. The second-order valence-corrected chi connectivity index (χ2v) is 4.11. The highest BCUT2D eigenvalue weighted by Crippen LogP contribution is 2.05. The molecule has 0 amide bonds. The minimum absolute atomic E-state index is 0.579. The molecule has 0 atom stereocenters. The molecule has 0 aliphatic carbocycles. The van der Waals surface area contributed by atoms with E-state index in [1.165, 1.54) is 11.1 Å². The van der Waals surface area contributed by atoms with Gasteiger partial charge in [0.1, 0.15) is 5.84 Å². The van der Waals surface area contributed by atoms with E-state index in [0.717, 1.165) is 18.4 Å². The fourth-order valence-electron chi connectivity index (χ4n) is 1.44. The number of amidine groups is 1. The van der Waals surface area contributed by atoms with Gasteiger partial charge in [-0.05, 0) is 20.3 Å². The van der Waals surface area contributed by atoms with E-state index in [9.17, 15) is 0 Å². The third kappa shape index (κ3) is 3.89. The molecule has 1 rings (SSSR count). The van der Waals surface area contributed by atoms with Crippen molar-refractivity contribution in [3.8, 4) is 0 Å². The summed E-state index contributed by atoms with van der Waals surface area (Å²) >= 11 is 0. The lowest BCUT2D eigenvalue weighted by atomic mass is 10.1. The summed E-state index contributed by atoms with van der Waals surface area (Å²) in [5, 5.41) is 0. The van der Waals surface area contributed by atoms with Crippen LogP contribution in [0.4, 0.5) is 0 Å². The summed E-state index contributed by atoms with van der Waals surface area (Å²) in [6.45, 7) is 6.29. The molecule has 0 saturated carbocycles. The number of hydrogen-bond donors (Lipinski definition) is 1. The standard InChI is InChI=1S/C14H20N2/c1-4-5-12(3)10-16-14(15)13-8-6-11(2)7-9-13/h6-10H,4-5H2,1-3H3,(H2,15,16)/b12-10+. The summed E-state index contributed by atoms with van der Waals surface area (Å²) in [6.07, 6.45) is 4.08. The van der Waals surface area contributed by atoms with Crippen LogP contribution in [0, 0.1) is 6.92 Å². The Hall–Kier alpha value is -1.57. The van der Waals surface area contributed by atoms with Gasteiger partial charge in [0.25, 0.3) is 0 Å². The Morgan fingerprint density at radius 3 is 2.50 bits per heavy atom. The van der Waals surface area contributed by atoms with Crippen LogP contribution in [-0.2, 0) is 0 Å². The van der Waals surface area contributed by atoms with E-state index in [-0.39, 0.29) is 0 Å². The molecule has 0 aromatic heterocycles. The first-order chi connectivity index (χ1) is 7.63. The molecular formula is C14H20N2. The average Bonchev–Trinajstić information content (AvgIpc) is 2.27. The van der Waals surface area contributed by atoms with Crippen LogP contribution < -0.4 is 5.73 Å². The maximum absolute atomic E-state index is 5.89. The van der Waals surface area contributed by atoms with Crippen LogP contribution in [0.25, 0.3) is 0 Å². The van der Waals surface area contributed by atoms with Gasteiger partial charge in [-0.2, -0.15) is 0 Å². The summed E-state index contributed by atoms with van der Waals surface area (Å²) < 4.78 is 0. The van der Waals surface area contributed by atoms with Gasteiger partial charge in [-0.15, -0.1) is 0 Å². The largest absolute Gasteiger partial charge is 0.383 e. The summed E-state index contributed by atoms with van der Waals surface area (Å²) in [7, 11) is 0. The highest BCUT2D eigenvalue weighted by molar-refractivity contribution is 5.97. The van der Waals surface area contributed by atoms with Crippen molar-refractivity contribution in [3.05, 3.63) is 47.2 Å². The van der Waals surface area contributed by atoms with Crippen molar-refractivity contribution in [1.82, 2.24) is 0 Å². The number of nitrogens with zero attached hydrogens (tertiary/aromatic N) is 1. The first-order valence-electron chi connectivity index (χ1n) is 5.69. The van der Waals surface area contributed by atoms with Crippen molar-refractivity contribution in [1.29, 1.82) is 0 Å². The predicted molar refractivity (Wildman–Crippen MR) is 70.6 cm³/mol. The van der Waals surface area contributed by atoms with Crippen LogP contribution in [0.3, 0.4) is 0 Å². The first kappa shape index (κ1) is 12.5. The quantitative estimate of drug-likeness (QED) is 0.608. The van der Waals surface area contributed by atoms with Gasteiger partial charge in [0.2, 0.25) is 0 Å². The van der Waals surface area contributed by atoms with Gasteiger partial charge in [-0.3, -0.25) is 0 Å². The Bertz CT molecular complexity index is 386. The third-order valence-electron chi connectivity index (χ3n) is 2.42. The number of hydrogen-bond acceptors (Lipinski definition) is 1. The summed E-state index contributed by atoms with van der Waals surface area (Å²) in [6, 6.07) is 8.08. The minimum Gasteiger partial charge on any atom is -0.383 e. The predicted octanol–water partition coefficient (Wildman–Crippen LogP) is 3.40. The highest BCUT2D eigenvalue weighted by atomic mass is 14.8. The molecular weight excluding hydrogens is 196 g/mol. The van der Waals surface area contributed by atoms with Crippen molar-refractivity contribution >= 4 is 5.84 Å². The molecule has 0 aliphatic heterocycles. The maximum atomic E-state index is 5.89. The fraction of sp³-hybridized carbons (Fsp3) is 0.357. The molecule has 0 spiro atoms. The zero-order valence-electron chi connectivity index (χ0n) is 10.3. The number of aryl methyl sites for hydroxylation is 1. The van der Waals surface area contributed by atoms with Crippen LogP contribution in [-0.4, -0.2) is 5.84 Å². The Labute approximate surface area is 97.9 Å². The normalized spacial score (nSPS) is 12.9. The van der Waals surface area contributed by atoms with Crippen LogP contribution >= 0.6 is 0 Å². The summed E-state index contributed by atoms with van der Waals surface area (Å²) in [4.78, 5) is 4.27. The lowest BCUT2D eigenvalue weighted by Crippen LogP contribution is -2.12. The topological polar surface area (TPSA) is 38.4 Å². The Balaban J connectivity index is 2.77. The smallest absolute Gasteiger partial charge is 0.130 e. The van der Waals surface area contributed by atoms with Crippen molar-refractivity contribution < 1.29 is 0 Å². The molecule has 2 heteroatoms. The molecule has 0 bridgehead atoms. The lowest BCUT2D eigenvalue weighted by Gasteiger charge is -2.00. The summed E-state index contributed by atoms with van der Waals surface area (Å²) in [5.41, 5.74) is 9.37. The molecule has 86 valence electrons. The van der Waals surface area contributed by atoms with Crippen molar-refractivity contribution in [2.24, 2.45) is 10.7 Å². The Morgan fingerprint density at radius 1 is 1.31 bits per heavy atom. The van der Waals surface area contributed by atoms with Crippen LogP contribution in [0.2, 0.25) is 0 Å². The fourth-order valence-corrected chi connectivity index (χ4v) is 1.44. The van der Waals surface area contributed by atoms with E-state index in [1.54, 1.807) is 0 Å². The number of aliphatic imine (C=N–C) groups is 1. The Kier molecular flexibility index (Phi) is 4.77. The SMILES string of the molecule is CCC/C(C)=C/N=C(N)c1ccc(C)cc1. The lowest BCUT2D eigenvalue weighted by molar-refractivity contribution is 0.901. The minimum atomic E-state index is 0.579. The zero-order valence-corrected chi connectivity index (χ0v) is 10.3. The number of allylic oxidation sites excluding steroid dienone is 1. The molecule has 2 nitrogen and oxygen atoms in total. The van der Waals surface area contributed by atoms with Gasteiger partial charge in [0.05, 0.1) is 0 Å². The average molecular weight is 216 g/mol. The maximum Gasteiger partial charge on any atom is 0.130 e. The second-order valence-electron chi connectivity index (χ2n) is 4.11. The van der Waals surface area contributed by atoms with Gasteiger partial charge in [0, 0.05) is 11.8 Å². The highest BCUT2D eigenvalue weighted by Gasteiger charge is 1.96. The molecule has 1 aromatic carbocycles. The van der Waals surface area contributed by atoms with Crippen molar-refractivity contribution in [3.63, 3.8) is 0 Å². The van der Waals surface area contributed by atoms with Gasteiger partial charge >= 0.3 is 0 Å². The molecule has 0 saturated heterocycles. The Morgan fingerprint density at radius 2 is 1.94 bits per heavy atom. The monoisotopic (exact) mass is 216 g/mol. The van der Waals surface area contributed by atoms with E-state index in [2.05, 4.69) is 25.8 Å². The summed E-state index contributed by atoms with van der Waals surface area (Å²) in [5.74, 6) is 0.579. The number of nitrogens with two attached hydrogens (primary N) is 1. The van der Waals surface area contributed by atoms with E-state index in [1.807, 2.05) is 30.5 Å². The molecule has 0 fully saturated rings. The third-order valence-corrected chi connectivity index (χ3v) is 2.42. The number of rotatable bonds is 4. The van der Waals surface area contributed by atoms with Crippen molar-refractivity contribution in [2.45, 2.75) is 33.6 Å². The zero-order chi connectivity index (χ0) is 12.0. The van der Waals surface area contributed by atoms with E-state index in [0.29, 0.717) is 5.84 Å². The molecule has 0 radical (unpaired) electrons. The van der Waals surface area contributed by atoms with Crippen LogP contribution in [0.15, 0.2) is 41.0 Å². The number of benzene rings is 1. The van der Waals surface area contributed by atoms with E-state index >= 15 is 0 Å². The van der Waals surface area contributed by atoms with Gasteiger partial charge < -0.3 is 5.73 Å². The molecule has 0 heterocycles. The molecule has 0 unspecified atom stereocenters. The molecule has 0 aliphatic rings. The van der Waals surface area contributed by atoms with Gasteiger partial charge in [-0.1, -0.05) is 48.7 Å². The van der Waals surface area contributed by atoms with Gasteiger partial charge in [0.15, 0.2) is 0 Å². The first-order valence-corrected chi connectivity index (χ1v) is 5.69. The molecule has 1 aromatic rings. The van der Waals surface area contributed by atoms with Crippen molar-refractivity contribution in [2.75, 3.05) is 0 Å². The van der Waals surface area contributed by atoms with E-state index in [4.69, 9.17) is 5.73 Å². The van der Waals surface area contributed by atoms with Crippen LogP contribution in [0.5, 0.6) is 0 Å². The molecule has 2 N–H and O–H groups in total. The molecule has 16 heavy (non-hydrogen) atoms. The van der Waals surface area contributed by atoms with E-state index < -0.39 is 0 Å². The van der Waals surface area contributed by atoms with Crippen LogP contribution in [0.1, 0.15) is 37.8 Å².